The standard InChI is InChI=1S/C15H21NO4/c1-10(4-6-14(18)19)7-8-16-15(20)12-9-11(2)3-5-13(12)17/h3,5,9-10,17H,4,6-8H2,1-2H3,(H,16,20)(H,18,19). The molecule has 5 nitrogen and oxygen atoms in total. The van der Waals surface area contributed by atoms with E-state index in [1.54, 1.807) is 12.1 Å². The number of phenolic OH excluding ortho intramolecular Hbond substituents is 1. The van der Waals surface area contributed by atoms with Crippen LogP contribution in [0.1, 0.15) is 42.1 Å². The topological polar surface area (TPSA) is 86.6 Å². The van der Waals surface area contributed by atoms with Gasteiger partial charge >= 0.3 is 5.97 Å². The first-order valence-corrected chi connectivity index (χ1v) is 6.69. The number of carboxylic acids is 1. The van der Waals surface area contributed by atoms with E-state index in [0.717, 1.165) is 5.56 Å². The molecule has 0 heterocycles. The number of aromatic hydroxyl groups is 1. The zero-order valence-corrected chi connectivity index (χ0v) is 11.8. The second kappa shape index (κ2) is 7.53. The van der Waals surface area contributed by atoms with Crippen molar-refractivity contribution in [2.75, 3.05) is 6.54 Å². The summed E-state index contributed by atoms with van der Waals surface area (Å²) in [6.45, 7) is 4.27. The predicted molar refractivity (Wildman–Crippen MR) is 75.8 cm³/mol. The quantitative estimate of drug-likeness (QED) is 0.715. The second-order valence-corrected chi connectivity index (χ2v) is 5.10. The number of aliphatic carboxylic acids is 1. The van der Waals surface area contributed by atoms with Gasteiger partial charge in [-0.15, -0.1) is 0 Å². The van der Waals surface area contributed by atoms with Gasteiger partial charge in [-0.2, -0.15) is 0 Å². The minimum absolute atomic E-state index is 0.0352. The molecular formula is C15H21NO4. The molecule has 0 bridgehead atoms. The monoisotopic (exact) mass is 279 g/mol. The summed E-state index contributed by atoms with van der Waals surface area (Å²) in [6, 6.07) is 4.87. The van der Waals surface area contributed by atoms with Crippen LogP contribution in [-0.4, -0.2) is 28.6 Å². The van der Waals surface area contributed by atoms with E-state index >= 15 is 0 Å². The molecule has 0 aromatic heterocycles. The van der Waals surface area contributed by atoms with Gasteiger partial charge in [0.25, 0.3) is 5.91 Å². The van der Waals surface area contributed by atoms with E-state index in [-0.39, 0.29) is 29.6 Å². The first kappa shape index (κ1) is 16.0. The Bertz CT molecular complexity index is 485. The molecule has 1 aromatic carbocycles. The van der Waals surface area contributed by atoms with Gasteiger partial charge in [-0.3, -0.25) is 9.59 Å². The number of hydrogen-bond acceptors (Lipinski definition) is 3. The third-order valence-corrected chi connectivity index (χ3v) is 3.17. The molecule has 0 radical (unpaired) electrons. The van der Waals surface area contributed by atoms with Gasteiger partial charge in [-0.1, -0.05) is 18.6 Å². The maximum Gasteiger partial charge on any atom is 0.303 e. The Kier molecular flexibility index (Phi) is 6.03. The second-order valence-electron chi connectivity index (χ2n) is 5.10. The Labute approximate surface area is 118 Å². The van der Waals surface area contributed by atoms with Crippen LogP contribution in [0.3, 0.4) is 0 Å². The van der Waals surface area contributed by atoms with Crippen molar-refractivity contribution in [1.82, 2.24) is 5.32 Å². The summed E-state index contributed by atoms with van der Waals surface area (Å²) in [6.07, 6.45) is 1.46. The Morgan fingerprint density at radius 1 is 1.30 bits per heavy atom. The zero-order valence-electron chi connectivity index (χ0n) is 11.8. The van der Waals surface area contributed by atoms with Crippen molar-refractivity contribution in [2.45, 2.75) is 33.1 Å². The Balaban J connectivity index is 2.40. The molecule has 20 heavy (non-hydrogen) atoms. The van der Waals surface area contributed by atoms with Crippen molar-refractivity contribution in [1.29, 1.82) is 0 Å². The highest BCUT2D eigenvalue weighted by Crippen LogP contribution is 2.18. The summed E-state index contributed by atoms with van der Waals surface area (Å²) < 4.78 is 0. The molecule has 0 aliphatic heterocycles. The third kappa shape index (κ3) is 5.30. The van der Waals surface area contributed by atoms with E-state index in [1.165, 1.54) is 6.07 Å². The minimum Gasteiger partial charge on any atom is -0.507 e. The number of carbonyl (C=O) groups is 2. The van der Waals surface area contributed by atoms with Gasteiger partial charge in [0, 0.05) is 13.0 Å². The highest BCUT2D eigenvalue weighted by atomic mass is 16.4. The van der Waals surface area contributed by atoms with Gasteiger partial charge in [-0.25, -0.2) is 0 Å². The molecule has 3 N–H and O–H groups in total. The van der Waals surface area contributed by atoms with Crippen LogP contribution in [0.2, 0.25) is 0 Å². The van der Waals surface area contributed by atoms with Crippen LogP contribution in [0.5, 0.6) is 5.75 Å². The molecule has 1 atom stereocenters. The number of carboxylic acid groups (broad SMARTS) is 1. The molecule has 1 unspecified atom stereocenters. The molecular weight excluding hydrogens is 258 g/mol. The van der Waals surface area contributed by atoms with Crippen LogP contribution in [0.4, 0.5) is 0 Å². The Morgan fingerprint density at radius 2 is 2.00 bits per heavy atom. The lowest BCUT2D eigenvalue weighted by Crippen LogP contribution is -2.25. The average molecular weight is 279 g/mol. The number of amides is 1. The fourth-order valence-electron chi connectivity index (χ4n) is 1.87. The fraction of sp³-hybridized carbons (Fsp3) is 0.467. The Hall–Kier alpha value is -2.04. The van der Waals surface area contributed by atoms with Gasteiger partial charge in [0.15, 0.2) is 0 Å². The highest BCUT2D eigenvalue weighted by Gasteiger charge is 2.11. The molecule has 0 fully saturated rings. The van der Waals surface area contributed by atoms with Crippen molar-refractivity contribution in [3.8, 4) is 5.75 Å². The largest absolute Gasteiger partial charge is 0.507 e. The van der Waals surface area contributed by atoms with Gasteiger partial charge in [0.2, 0.25) is 0 Å². The molecule has 0 aliphatic rings. The SMILES string of the molecule is Cc1ccc(O)c(C(=O)NCCC(C)CCC(=O)O)c1. The lowest BCUT2D eigenvalue weighted by molar-refractivity contribution is -0.137. The lowest BCUT2D eigenvalue weighted by atomic mass is 10.0. The summed E-state index contributed by atoms with van der Waals surface area (Å²) in [5.41, 5.74) is 1.17. The van der Waals surface area contributed by atoms with Crippen LogP contribution >= 0.6 is 0 Å². The van der Waals surface area contributed by atoms with Gasteiger partial charge in [0.05, 0.1) is 5.56 Å². The lowest BCUT2D eigenvalue weighted by Gasteiger charge is -2.11. The Morgan fingerprint density at radius 3 is 2.65 bits per heavy atom. The molecule has 110 valence electrons. The summed E-state index contributed by atoms with van der Waals surface area (Å²) in [7, 11) is 0. The van der Waals surface area contributed by atoms with E-state index in [0.29, 0.717) is 19.4 Å². The smallest absolute Gasteiger partial charge is 0.303 e. The minimum atomic E-state index is -0.800. The molecule has 0 saturated carbocycles. The van der Waals surface area contributed by atoms with Crippen molar-refractivity contribution >= 4 is 11.9 Å². The van der Waals surface area contributed by atoms with E-state index in [4.69, 9.17) is 5.11 Å². The molecule has 5 heteroatoms. The summed E-state index contributed by atoms with van der Waals surface area (Å²) in [4.78, 5) is 22.3. The van der Waals surface area contributed by atoms with Crippen molar-refractivity contribution in [2.24, 2.45) is 5.92 Å². The molecule has 1 aromatic rings. The predicted octanol–water partition coefficient (Wildman–Crippen LogP) is 2.32. The summed E-state index contributed by atoms with van der Waals surface area (Å²) in [5, 5.41) is 21.0. The average Bonchev–Trinajstić information content (AvgIpc) is 2.39. The van der Waals surface area contributed by atoms with E-state index in [2.05, 4.69) is 5.32 Å². The van der Waals surface area contributed by atoms with Crippen LogP contribution in [0.25, 0.3) is 0 Å². The fourth-order valence-corrected chi connectivity index (χ4v) is 1.87. The van der Waals surface area contributed by atoms with Crippen LogP contribution in [-0.2, 0) is 4.79 Å². The van der Waals surface area contributed by atoms with E-state index in [1.807, 2.05) is 13.8 Å². The first-order chi connectivity index (χ1) is 9.40. The van der Waals surface area contributed by atoms with Gasteiger partial charge < -0.3 is 15.5 Å². The van der Waals surface area contributed by atoms with E-state index in [9.17, 15) is 14.7 Å². The van der Waals surface area contributed by atoms with Crippen LogP contribution in [0.15, 0.2) is 18.2 Å². The number of carbonyl (C=O) groups excluding carboxylic acids is 1. The van der Waals surface area contributed by atoms with Crippen molar-refractivity contribution < 1.29 is 19.8 Å². The molecule has 0 aliphatic carbocycles. The molecule has 0 saturated heterocycles. The van der Waals surface area contributed by atoms with Crippen LogP contribution in [0, 0.1) is 12.8 Å². The maximum atomic E-state index is 11.9. The third-order valence-electron chi connectivity index (χ3n) is 3.17. The van der Waals surface area contributed by atoms with Crippen LogP contribution < -0.4 is 5.32 Å². The summed E-state index contributed by atoms with van der Waals surface area (Å²) in [5.74, 6) is -0.910. The van der Waals surface area contributed by atoms with Crippen molar-refractivity contribution in [3.05, 3.63) is 29.3 Å². The normalized spacial score (nSPS) is 11.9. The zero-order chi connectivity index (χ0) is 15.1. The summed E-state index contributed by atoms with van der Waals surface area (Å²) >= 11 is 0. The number of rotatable bonds is 7. The first-order valence-electron chi connectivity index (χ1n) is 6.69. The number of hydrogen-bond donors (Lipinski definition) is 3. The van der Waals surface area contributed by atoms with E-state index < -0.39 is 5.97 Å². The maximum absolute atomic E-state index is 11.9. The van der Waals surface area contributed by atoms with Gasteiger partial charge in [-0.05, 0) is 37.8 Å². The number of phenols is 1. The molecule has 0 spiro atoms. The number of nitrogens with one attached hydrogen (secondary N) is 1. The van der Waals surface area contributed by atoms with Gasteiger partial charge in [0.1, 0.15) is 5.75 Å². The number of benzene rings is 1. The number of aryl methyl sites for hydroxylation is 1. The van der Waals surface area contributed by atoms with Crippen molar-refractivity contribution in [3.63, 3.8) is 0 Å². The molecule has 1 rings (SSSR count). The highest BCUT2D eigenvalue weighted by molar-refractivity contribution is 5.96. The molecule has 1 amide bonds.